The molecule has 0 saturated heterocycles. The molecule has 368 valence electrons. The molecule has 5 amide bonds. The van der Waals surface area contributed by atoms with Gasteiger partial charge in [-0.1, -0.05) is 57.2 Å². The number of aromatic nitrogens is 2. The van der Waals surface area contributed by atoms with Crippen molar-refractivity contribution in [3.8, 4) is 28.7 Å². The lowest BCUT2D eigenvalue weighted by atomic mass is 9.86. The van der Waals surface area contributed by atoms with Crippen LogP contribution in [0.4, 0.5) is 8.78 Å². The van der Waals surface area contributed by atoms with Crippen molar-refractivity contribution in [2.45, 2.75) is 89.9 Å². The number of fused-ring (bicyclic) bond motifs is 5. The second kappa shape index (κ2) is 22.8. The molecule has 1 aliphatic heterocycles. The van der Waals surface area contributed by atoms with E-state index in [4.69, 9.17) is 31.9 Å². The molecule has 0 saturated carbocycles. The molecule has 2 heterocycles. The molecular weight excluding hydrogens is 893 g/mol. The zero-order chi connectivity index (χ0) is 50.8. The number of alkyl halides is 2. The normalized spacial score (nSPS) is 16.7. The maximum Gasteiger partial charge on any atom is 0.331 e. The highest BCUT2D eigenvalue weighted by Crippen LogP contribution is 2.41. The summed E-state index contributed by atoms with van der Waals surface area (Å²) < 4.78 is 44.0. The number of hydrogen-bond acceptors (Lipinski definition) is 13. The molecule has 0 aliphatic carbocycles. The van der Waals surface area contributed by atoms with Crippen LogP contribution >= 0.6 is 0 Å². The summed E-state index contributed by atoms with van der Waals surface area (Å²) in [6.07, 6.45) is -0.155. The third kappa shape index (κ3) is 12.5. The van der Waals surface area contributed by atoms with Crippen LogP contribution in [0.25, 0.3) is 11.1 Å². The highest BCUT2D eigenvalue weighted by atomic mass is 19.3. The van der Waals surface area contributed by atoms with Crippen LogP contribution in [0.1, 0.15) is 90.0 Å². The van der Waals surface area contributed by atoms with Crippen LogP contribution in [0, 0.1) is 25.2 Å². The molecule has 69 heavy (non-hydrogen) atoms. The van der Waals surface area contributed by atoms with Crippen LogP contribution < -0.4 is 47.9 Å². The summed E-state index contributed by atoms with van der Waals surface area (Å²) >= 11 is 0. The van der Waals surface area contributed by atoms with Crippen LogP contribution in [-0.4, -0.2) is 109 Å². The molecule has 3 aromatic carbocycles. The quantitative estimate of drug-likeness (QED) is 0.0797. The van der Waals surface area contributed by atoms with E-state index in [0.717, 1.165) is 10.5 Å². The predicted molar refractivity (Wildman–Crippen MR) is 253 cm³/mol. The lowest BCUT2D eigenvalue weighted by Gasteiger charge is -2.32. The number of halogens is 2. The van der Waals surface area contributed by atoms with Gasteiger partial charge in [0.1, 0.15) is 55.4 Å². The van der Waals surface area contributed by atoms with Crippen molar-refractivity contribution in [3.05, 3.63) is 106 Å². The van der Waals surface area contributed by atoms with Crippen LogP contribution in [0.15, 0.2) is 60.7 Å². The van der Waals surface area contributed by atoms with Crippen LogP contribution in [0.3, 0.4) is 0 Å². The molecule has 4 bridgehead atoms. The Morgan fingerprint density at radius 2 is 1.45 bits per heavy atom. The van der Waals surface area contributed by atoms with Crippen molar-refractivity contribution >= 4 is 29.5 Å². The summed E-state index contributed by atoms with van der Waals surface area (Å²) in [6.45, 7) is 10.2. The van der Waals surface area contributed by atoms with E-state index in [2.05, 4.69) is 31.2 Å². The molecule has 0 fully saturated rings. The Morgan fingerprint density at radius 1 is 0.870 bits per heavy atom. The van der Waals surface area contributed by atoms with Gasteiger partial charge in [-0.15, -0.1) is 0 Å². The first-order valence-corrected chi connectivity index (χ1v) is 22.5. The number of ether oxygens (including phenoxy) is 2. The van der Waals surface area contributed by atoms with Crippen LogP contribution in [0.5, 0.6) is 11.5 Å². The Kier molecular flexibility index (Phi) is 17.5. The van der Waals surface area contributed by atoms with Gasteiger partial charge in [-0.25, -0.2) is 9.97 Å². The zero-order valence-corrected chi connectivity index (χ0v) is 39.9. The number of nitriles is 1. The Balaban J connectivity index is 1.56. The lowest BCUT2D eigenvalue weighted by molar-refractivity contribution is -0.141. The zero-order valence-electron chi connectivity index (χ0n) is 39.9. The first-order valence-electron chi connectivity index (χ1n) is 22.5. The van der Waals surface area contributed by atoms with Gasteiger partial charge in [0.15, 0.2) is 0 Å². The molecule has 20 heteroatoms. The number of nitrogens with zero attached hydrogens (tertiary/aromatic N) is 4. The van der Waals surface area contributed by atoms with E-state index >= 15 is 8.78 Å². The highest BCUT2D eigenvalue weighted by Gasteiger charge is 2.40. The van der Waals surface area contributed by atoms with E-state index in [9.17, 15) is 24.0 Å². The number of carbonyl (C=O) groups excluding carboxylic acids is 5. The number of amides is 5. The number of aryl methyl sites for hydroxylation is 2. The molecule has 1 aliphatic rings. The second-order valence-electron chi connectivity index (χ2n) is 17.7. The van der Waals surface area contributed by atoms with E-state index in [0.29, 0.717) is 28.2 Å². The van der Waals surface area contributed by atoms with Gasteiger partial charge in [-0.05, 0) is 80.1 Å². The van der Waals surface area contributed by atoms with E-state index in [1.54, 1.807) is 48.5 Å². The third-order valence-electron chi connectivity index (χ3n) is 11.5. The summed E-state index contributed by atoms with van der Waals surface area (Å²) in [5.74, 6) is -7.60. The van der Waals surface area contributed by atoms with Crippen molar-refractivity contribution in [2.75, 3.05) is 46.4 Å². The molecule has 18 nitrogen and oxygen atoms in total. The predicted octanol–water partition coefficient (Wildman–Crippen LogP) is 2.71. The summed E-state index contributed by atoms with van der Waals surface area (Å²) in [5.41, 5.74) is 19.3. The number of rotatable bonds is 16. The Labute approximate surface area is 400 Å². The van der Waals surface area contributed by atoms with Crippen molar-refractivity contribution in [3.63, 3.8) is 0 Å². The molecule has 10 N–H and O–H groups in total. The Hall–Kier alpha value is -7.08. The largest absolute Gasteiger partial charge is 0.492 e. The Morgan fingerprint density at radius 3 is 2.01 bits per heavy atom. The first-order chi connectivity index (χ1) is 32.7. The fourth-order valence-corrected chi connectivity index (χ4v) is 7.85. The maximum absolute atomic E-state index is 15.9. The van der Waals surface area contributed by atoms with Crippen LogP contribution in [0.2, 0.25) is 0 Å². The Bertz CT molecular complexity index is 2560. The molecule has 0 spiro atoms. The van der Waals surface area contributed by atoms with Crippen molar-refractivity contribution in [2.24, 2.45) is 17.2 Å². The molecule has 4 aromatic rings. The summed E-state index contributed by atoms with van der Waals surface area (Å²) in [7, 11) is 1.34. The SMILES string of the molecule is Cc1nc(C(F)(F)c2ccc(C(C)(C)C)cc2)nc(C)c1C(=O)NC(CCN)C(=O)N(C)C1C(=O)NC(C)C(=O)NC(C(=O)NCC#N)Cc2ccc(OCCN)c(c2)-c2cc1ccc2OCCN. The lowest BCUT2D eigenvalue weighted by Crippen LogP contribution is -2.56. The van der Waals surface area contributed by atoms with E-state index < -0.39 is 65.5 Å². The molecule has 5 rings (SSSR count). The summed E-state index contributed by atoms with van der Waals surface area (Å²) in [5, 5.41) is 19.7. The van der Waals surface area contributed by atoms with E-state index in [-0.39, 0.29) is 85.7 Å². The fraction of sp³-hybridized carbons (Fsp3) is 0.429. The minimum Gasteiger partial charge on any atom is -0.492 e. The van der Waals surface area contributed by atoms with Gasteiger partial charge in [-0.2, -0.15) is 14.0 Å². The molecule has 0 radical (unpaired) electrons. The number of likely N-dealkylation sites (N-methyl/N-ethyl adjacent to an activating group) is 1. The van der Waals surface area contributed by atoms with Crippen molar-refractivity contribution < 1.29 is 42.2 Å². The number of hydrogen-bond donors (Lipinski definition) is 7. The van der Waals surface area contributed by atoms with Crippen molar-refractivity contribution in [1.29, 1.82) is 5.26 Å². The molecule has 1 aromatic heterocycles. The highest BCUT2D eigenvalue weighted by molar-refractivity contribution is 6.00. The summed E-state index contributed by atoms with van der Waals surface area (Å²) in [4.78, 5) is 79.7. The smallest absolute Gasteiger partial charge is 0.331 e. The number of nitrogens with two attached hydrogens (primary N) is 3. The van der Waals surface area contributed by atoms with E-state index in [1.165, 1.54) is 40.0 Å². The topological polar surface area (TPSA) is 283 Å². The first kappa shape index (κ1) is 52.9. The van der Waals surface area contributed by atoms with Gasteiger partial charge in [0.25, 0.3) is 5.91 Å². The monoisotopic (exact) mass is 953 g/mol. The van der Waals surface area contributed by atoms with Gasteiger partial charge in [0.2, 0.25) is 29.5 Å². The van der Waals surface area contributed by atoms with Crippen LogP contribution in [-0.2, 0) is 36.9 Å². The van der Waals surface area contributed by atoms with Gasteiger partial charge in [0.05, 0.1) is 23.0 Å². The minimum atomic E-state index is -3.61. The van der Waals surface area contributed by atoms with Gasteiger partial charge in [0, 0.05) is 43.2 Å². The average molecular weight is 954 g/mol. The van der Waals surface area contributed by atoms with Gasteiger partial charge >= 0.3 is 5.92 Å². The van der Waals surface area contributed by atoms with Gasteiger partial charge in [-0.3, -0.25) is 24.0 Å². The molecule has 4 unspecified atom stereocenters. The number of carbonyl (C=O) groups is 5. The molecular formula is C49H61F2N11O7. The van der Waals surface area contributed by atoms with Crippen molar-refractivity contribution in [1.82, 2.24) is 36.1 Å². The fourth-order valence-electron chi connectivity index (χ4n) is 7.85. The average Bonchev–Trinajstić information content (AvgIpc) is 3.30. The van der Waals surface area contributed by atoms with E-state index in [1.807, 2.05) is 26.8 Å². The summed E-state index contributed by atoms with van der Waals surface area (Å²) in [6, 6.07) is 12.3. The maximum atomic E-state index is 15.9. The minimum absolute atomic E-state index is 0.0331. The second-order valence-corrected chi connectivity index (χ2v) is 17.7. The number of nitrogens with one attached hydrogen (secondary N) is 4. The number of benzene rings is 3. The third-order valence-corrected chi connectivity index (χ3v) is 11.5. The van der Waals surface area contributed by atoms with Gasteiger partial charge < -0.3 is 52.8 Å². The molecule has 4 atom stereocenters. The standard InChI is InChI=1S/C49H61F2N11O7/c1-27-40(28(2)59-47(58-27)49(50,51)33-12-10-32(11-13-33)48(4,5)6)44(65)60-36(16-17-52)46(67)62(7)41-31-9-15-39(69-23-20-55)35(26-31)34-24-30(8-14-38(34)68-22-19-54)25-37(43(64)56-21-18-53)61-42(63)29(3)57-45(41)66/h8-15,24,26,29,36-37,41H,16-17,19-23,25,52,54-55H2,1-7H3,(H,56,64)(H,57,66)(H,60,65)(H,61,63).